The molecule has 1 rings (SSSR count). The van der Waals surface area contributed by atoms with Crippen LogP contribution in [-0.4, -0.2) is 34.6 Å². The van der Waals surface area contributed by atoms with Crippen molar-refractivity contribution in [2.24, 2.45) is 5.73 Å². The van der Waals surface area contributed by atoms with Gasteiger partial charge in [0, 0.05) is 5.54 Å². The summed E-state index contributed by atoms with van der Waals surface area (Å²) in [5, 5.41) is 15.8. The van der Waals surface area contributed by atoms with Crippen LogP contribution in [0.25, 0.3) is 0 Å². The first-order valence-corrected chi connectivity index (χ1v) is 5.18. The summed E-state index contributed by atoms with van der Waals surface area (Å²) in [5.74, 6) is -0.209. The minimum Gasteiger partial charge on any atom is -0.350 e. The molecule has 1 heterocycles. The second-order valence-corrected chi connectivity index (χ2v) is 5.29. The third-order valence-corrected chi connectivity index (χ3v) is 3.15. The van der Waals surface area contributed by atoms with Gasteiger partial charge in [-0.25, -0.2) is 0 Å². The van der Waals surface area contributed by atoms with Crippen LogP contribution < -0.4 is 11.1 Å². The lowest BCUT2D eigenvalue weighted by Crippen LogP contribution is -2.53. The number of amides is 1. The van der Waals surface area contributed by atoms with Crippen LogP contribution in [0.1, 0.15) is 34.1 Å². The number of hydrogen-bond acceptors (Lipinski definition) is 3. The van der Waals surface area contributed by atoms with E-state index < -0.39 is 11.1 Å². The molecule has 0 aromatic carbocycles. The fourth-order valence-corrected chi connectivity index (χ4v) is 2.23. The number of nitrogens with two attached hydrogens (primary N) is 1. The van der Waals surface area contributed by atoms with Crippen LogP contribution in [-0.2, 0) is 10.0 Å². The molecule has 1 atom stereocenters. The van der Waals surface area contributed by atoms with Gasteiger partial charge < -0.3 is 11.1 Å². The van der Waals surface area contributed by atoms with Gasteiger partial charge in [-0.2, -0.15) is 0 Å². The molecule has 1 aliphatic rings. The Bertz CT molecular complexity index is 263. The summed E-state index contributed by atoms with van der Waals surface area (Å²) in [6, 6.07) is -0.138. The summed E-state index contributed by atoms with van der Waals surface area (Å²) >= 11 is 0. The molecule has 3 N–H and O–H groups in total. The fraction of sp³-hybridized carbons (Fsp3) is 0.900. The number of carbonyl (C=O) groups excluding carboxylic acids is 1. The van der Waals surface area contributed by atoms with E-state index >= 15 is 0 Å². The van der Waals surface area contributed by atoms with Gasteiger partial charge in [-0.05, 0) is 34.1 Å². The van der Waals surface area contributed by atoms with Crippen molar-refractivity contribution < 1.29 is 10.0 Å². The Morgan fingerprint density at radius 1 is 1.47 bits per heavy atom. The molecule has 87 valence electrons. The predicted molar refractivity (Wildman–Crippen MR) is 56.3 cm³/mol. The Labute approximate surface area is 90.6 Å². The van der Waals surface area contributed by atoms with Gasteiger partial charge in [0.25, 0.3) is 0 Å². The largest absolute Gasteiger partial charge is 0.350 e. The van der Waals surface area contributed by atoms with Gasteiger partial charge in [0.2, 0.25) is 5.91 Å². The topological polar surface area (TPSA) is 78.3 Å². The maximum absolute atomic E-state index is 12.0. The third-order valence-electron chi connectivity index (χ3n) is 3.15. The van der Waals surface area contributed by atoms with Gasteiger partial charge in [0.1, 0.15) is 0 Å². The van der Waals surface area contributed by atoms with Crippen LogP contribution in [0.5, 0.6) is 0 Å². The highest BCUT2D eigenvalue weighted by molar-refractivity contribution is 5.78. The summed E-state index contributed by atoms with van der Waals surface area (Å²) in [6.45, 7) is 7.42. The van der Waals surface area contributed by atoms with Crippen LogP contribution in [0.2, 0.25) is 0 Å². The predicted octanol–water partition coefficient (Wildman–Crippen LogP) is 0.0383. The third kappa shape index (κ3) is 2.14. The Kier molecular flexibility index (Phi) is 3.09. The number of hydrogen-bond donors (Lipinski definition) is 2. The Morgan fingerprint density at radius 2 is 2.00 bits per heavy atom. The molecule has 5 nitrogen and oxygen atoms in total. The van der Waals surface area contributed by atoms with Gasteiger partial charge in [0.15, 0.2) is 0 Å². The highest BCUT2D eigenvalue weighted by Gasteiger charge is 2.52. The summed E-state index contributed by atoms with van der Waals surface area (Å²) < 4.78 is 0. The highest BCUT2D eigenvalue weighted by Crippen LogP contribution is 2.39. The molecule has 5 heteroatoms. The Balaban J connectivity index is 2.80. The fourth-order valence-electron chi connectivity index (χ4n) is 2.23. The zero-order valence-electron chi connectivity index (χ0n) is 9.83. The SMILES string of the molecule is CC1(C)CC(NC(=O)CN)C(C)(C)N1[O]. The maximum atomic E-state index is 12.0. The molecule has 0 saturated carbocycles. The summed E-state index contributed by atoms with van der Waals surface area (Å²) in [4.78, 5) is 11.2. The molecule has 15 heavy (non-hydrogen) atoms. The molecule has 0 aromatic heterocycles. The molecule has 0 bridgehead atoms. The van der Waals surface area contributed by atoms with Crippen molar-refractivity contribution in [1.82, 2.24) is 10.4 Å². The average Bonchev–Trinajstić information content (AvgIpc) is 2.27. The van der Waals surface area contributed by atoms with Gasteiger partial charge in [-0.3, -0.25) is 4.79 Å². The second kappa shape index (κ2) is 3.73. The summed E-state index contributed by atoms with van der Waals surface area (Å²) in [5.41, 5.74) is 4.23. The van der Waals surface area contributed by atoms with E-state index in [0.717, 1.165) is 5.06 Å². The molecule has 0 aliphatic carbocycles. The number of hydroxylamine groups is 2. The van der Waals surface area contributed by atoms with E-state index in [2.05, 4.69) is 5.32 Å². The van der Waals surface area contributed by atoms with E-state index in [1.807, 2.05) is 27.7 Å². The first kappa shape index (κ1) is 12.4. The Hall–Kier alpha value is -0.650. The molecule has 0 spiro atoms. The van der Waals surface area contributed by atoms with Crippen molar-refractivity contribution >= 4 is 5.91 Å². The normalized spacial score (nSPS) is 29.1. The van der Waals surface area contributed by atoms with Gasteiger partial charge >= 0.3 is 0 Å². The van der Waals surface area contributed by atoms with Crippen LogP contribution in [0.4, 0.5) is 0 Å². The standard InChI is InChI=1S/C10H20N3O2/c1-9(2)5-7(12-8(14)6-11)10(3,4)13(9)15/h7H,5-6,11H2,1-4H3,(H,12,14). The minimum atomic E-state index is -0.575. The van der Waals surface area contributed by atoms with Crippen molar-refractivity contribution in [3.8, 4) is 0 Å². The van der Waals surface area contributed by atoms with Crippen LogP contribution >= 0.6 is 0 Å². The quantitative estimate of drug-likeness (QED) is 0.681. The molecule has 1 unspecified atom stereocenters. The van der Waals surface area contributed by atoms with Crippen LogP contribution in [0, 0.1) is 0 Å². The smallest absolute Gasteiger partial charge is 0.234 e. The lowest BCUT2D eigenvalue weighted by Gasteiger charge is -2.33. The van der Waals surface area contributed by atoms with Crippen molar-refractivity contribution in [2.45, 2.75) is 51.2 Å². The zero-order valence-corrected chi connectivity index (χ0v) is 9.83. The van der Waals surface area contributed by atoms with E-state index in [0.29, 0.717) is 6.42 Å². The van der Waals surface area contributed by atoms with E-state index in [1.165, 1.54) is 0 Å². The Morgan fingerprint density at radius 3 is 2.33 bits per heavy atom. The van der Waals surface area contributed by atoms with Crippen LogP contribution in [0.3, 0.4) is 0 Å². The van der Waals surface area contributed by atoms with Crippen molar-refractivity contribution in [2.75, 3.05) is 6.54 Å². The van der Waals surface area contributed by atoms with Crippen molar-refractivity contribution in [3.05, 3.63) is 0 Å². The first-order valence-electron chi connectivity index (χ1n) is 5.18. The molecular formula is C10H20N3O2. The van der Waals surface area contributed by atoms with Gasteiger partial charge in [0.05, 0.1) is 18.1 Å². The zero-order chi connectivity index (χ0) is 11.9. The number of nitrogens with zero attached hydrogens (tertiary/aromatic N) is 1. The van der Waals surface area contributed by atoms with Crippen molar-refractivity contribution in [1.29, 1.82) is 0 Å². The maximum Gasteiger partial charge on any atom is 0.234 e. The summed E-state index contributed by atoms with van der Waals surface area (Å²) in [6.07, 6.45) is 0.648. The number of carbonyl (C=O) groups is 1. The average molecular weight is 214 g/mol. The monoisotopic (exact) mass is 214 g/mol. The molecular weight excluding hydrogens is 194 g/mol. The van der Waals surface area contributed by atoms with E-state index in [-0.39, 0.29) is 18.5 Å². The molecule has 1 saturated heterocycles. The van der Waals surface area contributed by atoms with Crippen LogP contribution in [0.15, 0.2) is 0 Å². The van der Waals surface area contributed by atoms with Gasteiger partial charge in [-0.1, -0.05) is 0 Å². The molecule has 0 aromatic rings. The number of nitrogens with one attached hydrogen (secondary N) is 1. The van der Waals surface area contributed by atoms with Gasteiger partial charge in [-0.15, -0.1) is 10.3 Å². The number of rotatable bonds is 2. The summed E-state index contributed by atoms with van der Waals surface area (Å²) in [7, 11) is 0. The first-order chi connectivity index (χ1) is 6.71. The highest BCUT2D eigenvalue weighted by atomic mass is 16.5. The molecule has 1 amide bonds. The molecule has 1 fully saturated rings. The van der Waals surface area contributed by atoms with E-state index in [9.17, 15) is 10.0 Å². The lowest BCUT2D eigenvalue weighted by atomic mass is 9.94. The molecule has 1 aliphatic heterocycles. The second-order valence-electron chi connectivity index (χ2n) is 5.29. The minimum absolute atomic E-state index is 0.0358. The van der Waals surface area contributed by atoms with Crippen molar-refractivity contribution in [3.63, 3.8) is 0 Å². The van der Waals surface area contributed by atoms with E-state index in [1.54, 1.807) is 0 Å². The lowest BCUT2D eigenvalue weighted by molar-refractivity contribution is -0.246. The van der Waals surface area contributed by atoms with E-state index in [4.69, 9.17) is 5.73 Å². The molecule has 1 radical (unpaired) electrons.